The van der Waals surface area contributed by atoms with Crippen molar-refractivity contribution in [3.8, 4) is 0 Å². The molecular formula is C16H20N2O. The molecule has 0 saturated heterocycles. The highest BCUT2D eigenvalue weighted by Crippen LogP contribution is 2.27. The molecule has 1 aliphatic carbocycles. The Bertz CT molecular complexity index is 567. The molecule has 1 fully saturated rings. The first-order valence-electron chi connectivity index (χ1n) is 7.19. The standard InChI is InChI=1S/C16H20N2O/c19-16(18-10-8-12-4-1-2-5-12)14-7-3-6-13-9-11-17-15(13)14/h3,6-7,9,11-12,17H,1-2,4-5,8,10H2,(H,18,19). The van der Waals surface area contributed by atoms with Crippen molar-refractivity contribution in [1.82, 2.24) is 10.3 Å². The number of hydrogen-bond donors (Lipinski definition) is 2. The summed E-state index contributed by atoms with van der Waals surface area (Å²) in [6.45, 7) is 0.792. The molecule has 1 aromatic carbocycles. The van der Waals surface area contributed by atoms with Crippen LogP contribution in [0.2, 0.25) is 0 Å². The average molecular weight is 256 g/mol. The first-order chi connectivity index (χ1) is 9.34. The van der Waals surface area contributed by atoms with Crippen molar-refractivity contribution < 1.29 is 4.79 Å². The minimum absolute atomic E-state index is 0.0334. The molecule has 1 amide bonds. The van der Waals surface area contributed by atoms with E-state index >= 15 is 0 Å². The molecule has 3 nitrogen and oxygen atoms in total. The molecule has 0 radical (unpaired) electrons. The largest absolute Gasteiger partial charge is 0.361 e. The third-order valence-corrected chi connectivity index (χ3v) is 4.14. The number of H-pyrrole nitrogens is 1. The SMILES string of the molecule is O=C(NCCC1CCCC1)c1cccc2cc[nH]c12. The molecule has 3 rings (SSSR count). The van der Waals surface area contributed by atoms with Crippen LogP contribution in [0.15, 0.2) is 30.5 Å². The van der Waals surface area contributed by atoms with E-state index in [0.717, 1.165) is 35.3 Å². The Kier molecular flexibility index (Phi) is 3.53. The highest BCUT2D eigenvalue weighted by atomic mass is 16.1. The number of carbonyl (C=O) groups is 1. The molecule has 1 aromatic heterocycles. The summed E-state index contributed by atoms with van der Waals surface area (Å²) in [5, 5.41) is 4.14. The molecular weight excluding hydrogens is 236 g/mol. The van der Waals surface area contributed by atoms with Gasteiger partial charge in [0, 0.05) is 18.1 Å². The van der Waals surface area contributed by atoms with E-state index in [-0.39, 0.29) is 5.91 Å². The second-order valence-electron chi connectivity index (χ2n) is 5.44. The summed E-state index contributed by atoms with van der Waals surface area (Å²) < 4.78 is 0. The van der Waals surface area contributed by atoms with Gasteiger partial charge in [0.15, 0.2) is 0 Å². The number of amides is 1. The zero-order chi connectivity index (χ0) is 13.1. The maximum Gasteiger partial charge on any atom is 0.253 e. The number of nitrogens with one attached hydrogen (secondary N) is 2. The summed E-state index contributed by atoms with van der Waals surface area (Å²) in [6, 6.07) is 7.82. The quantitative estimate of drug-likeness (QED) is 0.864. The number of aromatic amines is 1. The van der Waals surface area contributed by atoms with Crippen LogP contribution in [-0.4, -0.2) is 17.4 Å². The fourth-order valence-corrected chi connectivity index (χ4v) is 3.06. The topological polar surface area (TPSA) is 44.9 Å². The van der Waals surface area contributed by atoms with Crippen LogP contribution in [0.25, 0.3) is 10.9 Å². The van der Waals surface area contributed by atoms with Crippen LogP contribution in [0.4, 0.5) is 0 Å². The lowest BCUT2D eigenvalue weighted by Crippen LogP contribution is -2.25. The first-order valence-corrected chi connectivity index (χ1v) is 7.19. The third kappa shape index (κ3) is 2.65. The van der Waals surface area contributed by atoms with Crippen molar-refractivity contribution in [3.05, 3.63) is 36.0 Å². The summed E-state index contributed by atoms with van der Waals surface area (Å²) in [4.78, 5) is 15.3. The van der Waals surface area contributed by atoms with Gasteiger partial charge in [0.05, 0.1) is 11.1 Å². The smallest absolute Gasteiger partial charge is 0.253 e. The van der Waals surface area contributed by atoms with E-state index < -0.39 is 0 Å². The van der Waals surface area contributed by atoms with Gasteiger partial charge in [0.1, 0.15) is 0 Å². The Hall–Kier alpha value is -1.77. The zero-order valence-electron chi connectivity index (χ0n) is 11.1. The van der Waals surface area contributed by atoms with Gasteiger partial charge in [-0.15, -0.1) is 0 Å². The summed E-state index contributed by atoms with van der Waals surface area (Å²) in [7, 11) is 0. The Morgan fingerprint density at radius 1 is 1.26 bits per heavy atom. The van der Waals surface area contributed by atoms with Gasteiger partial charge in [-0.25, -0.2) is 0 Å². The highest BCUT2D eigenvalue weighted by Gasteiger charge is 2.15. The number of fused-ring (bicyclic) bond motifs is 1. The van der Waals surface area contributed by atoms with E-state index in [9.17, 15) is 4.79 Å². The first kappa shape index (κ1) is 12.3. The van der Waals surface area contributed by atoms with Crippen LogP contribution >= 0.6 is 0 Å². The van der Waals surface area contributed by atoms with Crippen molar-refractivity contribution >= 4 is 16.8 Å². The highest BCUT2D eigenvalue weighted by molar-refractivity contribution is 6.05. The van der Waals surface area contributed by atoms with Gasteiger partial charge in [-0.3, -0.25) is 4.79 Å². The van der Waals surface area contributed by atoms with Gasteiger partial charge in [0.25, 0.3) is 5.91 Å². The Labute approximate surface area is 113 Å². The Morgan fingerprint density at radius 2 is 2.11 bits per heavy atom. The van der Waals surface area contributed by atoms with Crippen LogP contribution in [0, 0.1) is 5.92 Å². The summed E-state index contributed by atoms with van der Waals surface area (Å²) in [5.74, 6) is 0.854. The molecule has 0 bridgehead atoms. The number of rotatable bonds is 4. The molecule has 1 heterocycles. The van der Waals surface area contributed by atoms with E-state index in [2.05, 4.69) is 10.3 Å². The summed E-state index contributed by atoms with van der Waals surface area (Å²) >= 11 is 0. The van der Waals surface area contributed by atoms with Crippen LogP contribution in [-0.2, 0) is 0 Å². The monoisotopic (exact) mass is 256 g/mol. The normalized spacial score (nSPS) is 16.0. The average Bonchev–Trinajstić information content (AvgIpc) is 3.08. The maximum atomic E-state index is 12.2. The molecule has 0 unspecified atom stereocenters. The second kappa shape index (κ2) is 5.47. The van der Waals surface area contributed by atoms with Crippen LogP contribution < -0.4 is 5.32 Å². The number of hydrogen-bond acceptors (Lipinski definition) is 1. The van der Waals surface area contributed by atoms with Crippen LogP contribution in [0.1, 0.15) is 42.5 Å². The van der Waals surface area contributed by atoms with Gasteiger partial charge >= 0.3 is 0 Å². The van der Waals surface area contributed by atoms with E-state index in [1.54, 1.807) is 0 Å². The number of benzene rings is 1. The van der Waals surface area contributed by atoms with Crippen molar-refractivity contribution in [2.45, 2.75) is 32.1 Å². The molecule has 0 aliphatic heterocycles. The lowest BCUT2D eigenvalue weighted by molar-refractivity contribution is 0.0953. The lowest BCUT2D eigenvalue weighted by Gasteiger charge is -2.10. The molecule has 2 aromatic rings. The predicted molar refractivity (Wildman–Crippen MR) is 77.2 cm³/mol. The van der Waals surface area contributed by atoms with Gasteiger partial charge in [-0.05, 0) is 24.5 Å². The molecule has 100 valence electrons. The summed E-state index contributed by atoms with van der Waals surface area (Å²) in [6.07, 6.45) is 8.39. The zero-order valence-corrected chi connectivity index (χ0v) is 11.1. The number of carbonyl (C=O) groups excluding carboxylic acids is 1. The Balaban J connectivity index is 1.62. The number of para-hydroxylation sites is 1. The molecule has 0 spiro atoms. The summed E-state index contributed by atoms with van der Waals surface area (Å²) in [5.41, 5.74) is 1.68. The fraction of sp³-hybridized carbons (Fsp3) is 0.438. The Morgan fingerprint density at radius 3 is 2.95 bits per heavy atom. The van der Waals surface area contributed by atoms with E-state index in [1.807, 2.05) is 30.5 Å². The van der Waals surface area contributed by atoms with E-state index in [0.29, 0.717) is 0 Å². The lowest BCUT2D eigenvalue weighted by atomic mass is 10.0. The van der Waals surface area contributed by atoms with Crippen molar-refractivity contribution in [3.63, 3.8) is 0 Å². The van der Waals surface area contributed by atoms with Gasteiger partial charge < -0.3 is 10.3 Å². The molecule has 2 N–H and O–H groups in total. The van der Waals surface area contributed by atoms with Crippen LogP contribution in [0.3, 0.4) is 0 Å². The third-order valence-electron chi connectivity index (χ3n) is 4.14. The van der Waals surface area contributed by atoms with Crippen molar-refractivity contribution in [2.75, 3.05) is 6.54 Å². The van der Waals surface area contributed by atoms with Gasteiger partial charge in [-0.1, -0.05) is 37.8 Å². The van der Waals surface area contributed by atoms with Gasteiger partial charge in [-0.2, -0.15) is 0 Å². The van der Waals surface area contributed by atoms with E-state index in [1.165, 1.54) is 25.7 Å². The molecule has 1 aliphatic rings. The van der Waals surface area contributed by atoms with Crippen LogP contribution in [0.5, 0.6) is 0 Å². The van der Waals surface area contributed by atoms with Crippen molar-refractivity contribution in [2.24, 2.45) is 5.92 Å². The fourth-order valence-electron chi connectivity index (χ4n) is 3.06. The maximum absolute atomic E-state index is 12.2. The van der Waals surface area contributed by atoms with E-state index in [4.69, 9.17) is 0 Å². The van der Waals surface area contributed by atoms with Crippen molar-refractivity contribution in [1.29, 1.82) is 0 Å². The second-order valence-corrected chi connectivity index (χ2v) is 5.44. The molecule has 19 heavy (non-hydrogen) atoms. The minimum Gasteiger partial charge on any atom is -0.361 e. The minimum atomic E-state index is 0.0334. The molecule has 3 heteroatoms. The predicted octanol–water partition coefficient (Wildman–Crippen LogP) is 3.48. The molecule has 0 atom stereocenters. The number of aromatic nitrogens is 1. The molecule has 1 saturated carbocycles. The van der Waals surface area contributed by atoms with Gasteiger partial charge in [0.2, 0.25) is 0 Å².